The van der Waals surface area contributed by atoms with Crippen LogP contribution in [-0.2, 0) is 14.3 Å². The van der Waals surface area contributed by atoms with Gasteiger partial charge in [-0.25, -0.2) is 14.5 Å². The number of imide groups is 1. The van der Waals surface area contributed by atoms with Crippen molar-refractivity contribution in [2.24, 2.45) is 0 Å². The molecule has 6 nitrogen and oxygen atoms in total. The maximum Gasteiger partial charge on any atom is 0.333 e. The Balaban J connectivity index is 1.97. The van der Waals surface area contributed by atoms with Gasteiger partial charge in [0, 0.05) is 17.3 Å². The van der Waals surface area contributed by atoms with Gasteiger partial charge in [-0.1, -0.05) is 36.4 Å². The number of methoxy groups -OCH3 is 1. The summed E-state index contributed by atoms with van der Waals surface area (Å²) in [6.45, 7) is 0. The Morgan fingerprint density at radius 2 is 1.71 bits per heavy atom. The molecule has 0 saturated heterocycles. The van der Waals surface area contributed by atoms with Crippen molar-refractivity contribution in [1.82, 2.24) is 0 Å². The number of ether oxygens (including phenoxy) is 1. The molecule has 1 aliphatic heterocycles. The van der Waals surface area contributed by atoms with Crippen LogP contribution in [0.5, 0.6) is 0 Å². The molecule has 0 radical (unpaired) electrons. The van der Waals surface area contributed by atoms with E-state index in [9.17, 15) is 14.4 Å². The summed E-state index contributed by atoms with van der Waals surface area (Å²) in [5.74, 6) is -1.23. The summed E-state index contributed by atoms with van der Waals surface area (Å²) < 4.78 is 4.58. The molecule has 0 saturated carbocycles. The van der Waals surface area contributed by atoms with Crippen LogP contribution in [0, 0.1) is 0 Å². The predicted molar refractivity (Wildman–Crippen MR) is 89.4 cm³/mol. The molecule has 1 aliphatic rings. The van der Waals surface area contributed by atoms with Crippen molar-refractivity contribution in [2.75, 3.05) is 17.3 Å². The van der Waals surface area contributed by atoms with Gasteiger partial charge >= 0.3 is 12.0 Å². The van der Waals surface area contributed by atoms with Gasteiger partial charge in [-0.2, -0.15) is 0 Å². The van der Waals surface area contributed by atoms with E-state index in [0.29, 0.717) is 16.9 Å². The average Bonchev–Trinajstić information content (AvgIpc) is 2.88. The number of esters is 1. The van der Waals surface area contributed by atoms with Crippen molar-refractivity contribution in [3.05, 3.63) is 66.2 Å². The zero-order valence-corrected chi connectivity index (χ0v) is 12.9. The number of carbonyl (C=O) groups is 3. The topological polar surface area (TPSA) is 75.7 Å². The van der Waals surface area contributed by atoms with Gasteiger partial charge < -0.3 is 10.1 Å². The molecule has 0 spiro atoms. The van der Waals surface area contributed by atoms with Crippen LogP contribution in [0.25, 0.3) is 5.57 Å². The number of benzene rings is 2. The van der Waals surface area contributed by atoms with Crippen molar-refractivity contribution in [2.45, 2.75) is 0 Å². The zero-order chi connectivity index (χ0) is 17.1. The molecule has 3 rings (SSSR count). The third-order valence-electron chi connectivity index (χ3n) is 3.56. The Hall–Kier alpha value is -3.41. The van der Waals surface area contributed by atoms with Crippen molar-refractivity contribution in [1.29, 1.82) is 0 Å². The van der Waals surface area contributed by atoms with Crippen molar-refractivity contribution in [3.63, 3.8) is 0 Å². The van der Waals surface area contributed by atoms with Crippen LogP contribution in [0.1, 0.15) is 5.56 Å². The number of amides is 3. The highest BCUT2D eigenvalue weighted by molar-refractivity contribution is 6.42. The molecule has 0 atom stereocenters. The van der Waals surface area contributed by atoms with Crippen LogP contribution >= 0.6 is 0 Å². The number of anilines is 2. The number of carbonyl (C=O) groups excluding carboxylic acids is 3. The summed E-state index contributed by atoms with van der Waals surface area (Å²) in [6, 6.07) is 15.0. The summed E-state index contributed by atoms with van der Waals surface area (Å²) >= 11 is 0. The minimum atomic E-state index is -0.654. The third kappa shape index (κ3) is 2.77. The number of hydrogen-bond donors (Lipinski definition) is 1. The fourth-order valence-corrected chi connectivity index (χ4v) is 2.46. The van der Waals surface area contributed by atoms with Crippen molar-refractivity contribution < 1.29 is 19.1 Å². The first-order valence-corrected chi connectivity index (χ1v) is 7.21. The monoisotopic (exact) mass is 322 g/mol. The van der Waals surface area contributed by atoms with Gasteiger partial charge in [-0.3, -0.25) is 4.79 Å². The molecule has 0 unspecified atom stereocenters. The lowest BCUT2D eigenvalue weighted by Gasteiger charge is -2.16. The standard InChI is InChI=1S/C18H14N2O4/c1-24-16(21)11-14-13-9-5-6-10-15(13)20(17(14)22)18(23)19-12-7-3-2-4-8-12/h2-11H,1H3,(H,19,23)/b14-11+. The number of rotatable bonds is 2. The normalized spacial score (nSPS) is 14.5. The van der Waals surface area contributed by atoms with E-state index in [2.05, 4.69) is 10.1 Å². The first-order chi connectivity index (χ1) is 11.6. The molecule has 2 aromatic carbocycles. The van der Waals surface area contributed by atoms with E-state index < -0.39 is 17.9 Å². The first kappa shape index (κ1) is 15.5. The molecule has 24 heavy (non-hydrogen) atoms. The molecule has 6 heteroatoms. The lowest BCUT2D eigenvalue weighted by atomic mass is 10.1. The minimum absolute atomic E-state index is 0.126. The summed E-state index contributed by atoms with van der Waals surface area (Å²) in [5.41, 5.74) is 1.63. The predicted octanol–water partition coefficient (Wildman–Crippen LogP) is 2.82. The number of urea groups is 1. The molecule has 0 aromatic heterocycles. The lowest BCUT2D eigenvalue weighted by Crippen LogP contribution is -2.37. The first-order valence-electron chi connectivity index (χ1n) is 7.21. The second-order valence-electron chi connectivity index (χ2n) is 5.04. The quantitative estimate of drug-likeness (QED) is 0.681. The van der Waals surface area contributed by atoms with Gasteiger partial charge in [-0.15, -0.1) is 0 Å². The van der Waals surface area contributed by atoms with E-state index in [1.807, 2.05) is 6.07 Å². The second kappa shape index (κ2) is 6.37. The lowest BCUT2D eigenvalue weighted by molar-refractivity contribution is -0.135. The van der Waals surface area contributed by atoms with Gasteiger partial charge in [0.05, 0.1) is 18.4 Å². The van der Waals surface area contributed by atoms with E-state index in [4.69, 9.17) is 0 Å². The average molecular weight is 322 g/mol. The Morgan fingerprint density at radius 3 is 2.42 bits per heavy atom. The summed E-state index contributed by atoms with van der Waals surface area (Å²) in [6.07, 6.45) is 1.09. The molecule has 0 bridgehead atoms. The highest BCUT2D eigenvalue weighted by atomic mass is 16.5. The van der Waals surface area contributed by atoms with E-state index in [0.717, 1.165) is 11.0 Å². The zero-order valence-electron chi connectivity index (χ0n) is 12.9. The number of para-hydroxylation sites is 2. The van der Waals surface area contributed by atoms with Gasteiger partial charge in [0.1, 0.15) is 0 Å². The van der Waals surface area contributed by atoms with Crippen molar-refractivity contribution >= 4 is 34.9 Å². The highest BCUT2D eigenvalue weighted by Gasteiger charge is 2.37. The summed E-state index contributed by atoms with van der Waals surface area (Å²) in [4.78, 5) is 37.7. The third-order valence-corrected chi connectivity index (χ3v) is 3.56. The molecule has 1 heterocycles. The molecular weight excluding hydrogens is 308 g/mol. The molecule has 1 N–H and O–H groups in total. The number of hydrogen-bond acceptors (Lipinski definition) is 4. The number of nitrogens with zero attached hydrogens (tertiary/aromatic N) is 1. The Labute approximate surface area is 138 Å². The van der Waals surface area contributed by atoms with Crippen LogP contribution in [-0.4, -0.2) is 25.0 Å². The number of nitrogens with one attached hydrogen (secondary N) is 1. The molecule has 2 aromatic rings. The van der Waals surface area contributed by atoms with Gasteiger partial charge in [0.25, 0.3) is 5.91 Å². The Bertz CT molecular complexity index is 843. The summed E-state index contributed by atoms with van der Waals surface area (Å²) in [7, 11) is 1.23. The van der Waals surface area contributed by atoms with E-state index in [-0.39, 0.29) is 5.57 Å². The van der Waals surface area contributed by atoms with Crippen LogP contribution in [0.3, 0.4) is 0 Å². The van der Waals surface area contributed by atoms with Crippen LogP contribution in [0.15, 0.2) is 60.7 Å². The minimum Gasteiger partial charge on any atom is -0.466 e. The molecule has 0 fully saturated rings. The van der Waals surface area contributed by atoms with E-state index >= 15 is 0 Å². The summed E-state index contributed by atoms with van der Waals surface area (Å²) in [5, 5.41) is 2.67. The second-order valence-corrected chi connectivity index (χ2v) is 5.04. The van der Waals surface area contributed by atoms with E-state index in [1.165, 1.54) is 7.11 Å². The van der Waals surface area contributed by atoms with Gasteiger partial charge in [-0.05, 0) is 18.2 Å². The largest absolute Gasteiger partial charge is 0.466 e. The van der Waals surface area contributed by atoms with Crippen LogP contribution in [0.4, 0.5) is 16.2 Å². The number of fused-ring (bicyclic) bond motifs is 1. The van der Waals surface area contributed by atoms with Gasteiger partial charge in [0.2, 0.25) is 0 Å². The fraction of sp³-hybridized carbons (Fsp3) is 0.0556. The van der Waals surface area contributed by atoms with E-state index in [1.54, 1.807) is 48.5 Å². The molecular formula is C18H14N2O4. The van der Waals surface area contributed by atoms with Crippen LogP contribution in [0.2, 0.25) is 0 Å². The van der Waals surface area contributed by atoms with Crippen molar-refractivity contribution in [3.8, 4) is 0 Å². The van der Waals surface area contributed by atoms with Gasteiger partial charge in [0.15, 0.2) is 0 Å². The molecule has 3 amide bonds. The smallest absolute Gasteiger partial charge is 0.333 e. The SMILES string of the molecule is COC(=O)/C=C1/C(=O)N(C(=O)Nc2ccccc2)c2ccccc21. The Kier molecular flexibility index (Phi) is 4.11. The maximum atomic E-state index is 12.6. The Morgan fingerprint density at radius 1 is 1.04 bits per heavy atom. The molecule has 0 aliphatic carbocycles. The maximum absolute atomic E-state index is 12.6. The highest BCUT2D eigenvalue weighted by Crippen LogP contribution is 2.36. The fourth-order valence-electron chi connectivity index (χ4n) is 2.46. The molecule has 120 valence electrons. The van der Waals surface area contributed by atoms with Crippen LogP contribution < -0.4 is 10.2 Å².